The third-order valence-electron chi connectivity index (χ3n) is 6.20. The summed E-state index contributed by atoms with van der Waals surface area (Å²) < 4.78 is 58.2. The number of carbonyl (C=O) groups excluding carboxylic acids is 1. The minimum atomic E-state index is -4.35. The quantitative estimate of drug-likeness (QED) is 0.160. The van der Waals surface area contributed by atoms with Gasteiger partial charge in [-0.1, -0.05) is 18.2 Å². The maximum absolute atomic E-state index is 15.9. The number of hydrogen-bond donors (Lipinski definition) is 3. The first-order valence-corrected chi connectivity index (χ1v) is 13.8. The van der Waals surface area contributed by atoms with Gasteiger partial charge in [0.2, 0.25) is 0 Å². The third-order valence-corrected chi connectivity index (χ3v) is 7.98. The molecule has 1 aliphatic rings. The number of nitrogens with two attached hydrogens (primary N) is 1. The number of methoxy groups -OCH3 is 1. The minimum Gasteiger partial charge on any atom is -0.462 e. The van der Waals surface area contributed by atoms with Crippen molar-refractivity contribution in [1.82, 2.24) is 24.7 Å². The largest absolute Gasteiger partial charge is 0.462 e. The second-order valence-corrected chi connectivity index (χ2v) is 11.4. The Morgan fingerprint density at radius 3 is 2.73 bits per heavy atom. The van der Waals surface area contributed by atoms with Crippen LogP contribution in [0.15, 0.2) is 42.9 Å². The van der Waals surface area contributed by atoms with Gasteiger partial charge in [-0.2, -0.15) is 10.2 Å². The summed E-state index contributed by atoms with van der Waals surface area (Å²) in [4.78, 5) is 20.6. The molecule has 4 rings (SSSR count). The van der Waals surface area contributed by atoms with Crippen molar-refractivity contribution in [3.8, 4) is 5.75 Å². The van der Waals surface area contributed by atoms with Gasteiger partial charge in [0.05, 0.1) is 25.1 Å². The van der Waals surface area contributed by atoms with E-state index < -0.39 is 49.8 Å². The first-order valence-electron chi connectivity index (χ1n) is 12.3. The van der Waals surface area contributed by atoms with Crippen LogP contribution in [0.3, 0.4) is 0 Å². The monoisotopic (exact) mass is 582 g/mol. The number of nitrogens with zero attached hydrogens (tertiary/aromatic N) is 4. The molecule has 0 amide bonds. The van der Waals surface area contributed by atoms with Crippen LogP contribution in [0.25, 0.3) is 5.65 Å². The number of carbonyl (C=O) groups is 1. The number of ether oxygens (including phenoxy) is 3. The number of para-hydroxylation sites is 1. The molecule has 3 heterocycles. The topological polar surface area (TPSA) is 182 Å². The van der Waals surface area contributed by atoms with Crippen LogP contribution in [-0.4, -0.2) is 81.0 Å². The number of fused-ring (bicyclic) bond motifs is 1. The molecule has 1 unspecified atom stereocenters. The van der Waals surface area contributed by atoms with E-state index >= 15 is 4.39 Å². The lowest BCUT2D eigenvalue weighted by molar-refractivity contribution is -0.151. The number of alkyl halides is 1. The number of nitrogens with one attached hydrogen (secondary N) is 1. The maximum Gasteiger partial charge on any atom is 0.459 e. The lowest BCUT2D eigenvalue weighted by Gasteiger charge is -2.30. The van der Waals surface area contributed by atoms with Crippen LogP contribution in [0, 0.1) is 0 Å². The first kappa shape index (κ1) is 29.8. The van der Waals surface area contributed by atoms with E-state index in [9.17, 15) is 14.5 Å². The van der Waals surface area contributed by atoms with Crippen LogP contribution >= 0.6 is 7.75 Å². The summed E-state index contributed by atoms with van der Waals surface area (Å²) in [6.07, 6.45) is -1.84. The fraction of sp³-hybridized carbons (Fsp3) is 0.500. The van der Waals surface area contributed by atoms with E-state index in [2.05, 4.69) is 20.2 Å². The number of rotatable bonds is 12. The lowest BCUT2D eigenvalue weighted by atomic mass is 9.93. The molecule has 40 heavy (non-hydrogen) atoms. The van der Waals surface area contributed by atoms with Crippen LogP contribution < -0.4 is 15.3 Å². The van der Waals surface area contributed by atoms with Gasteiger partial charge < -0.3 is 29.6 Å². The van der Waals surface area contributed by atoms with Crippen molar-refractivity contribution in [2.45, 2.75) is 50.3 Å². The number of imidazole rings is 1. The van der Waals surface area contributed by atoms with Crippen LogP contribution in [0.5, 0.6) is 5.75 Å². The van der Waals surface area contributed by atoms with E-state index in [1.807, 2.05) is 0 Å². The van der Waals surface area contributed by atoms with Crippen LogP contribution in [-0.2, 0) is 28.1 Å². The number of aliphatic hydroxyl groups is 1. The van der Waals surface area contributed by atoms with Gasteiger partial charge >= 0.3 is 13.7 Å². The molecule has 16 heteroatoms. The molecule has 3 aromatic rings. The Labute approximate surface area is 229 Å². The molecule has 0 saturated carbocycles. The van der Waals surface area contributed by atoms with E-state index in [1.165, 1.54) is 50.1 Å². The van der Waals surface area contributed by atoms with Crippen LogP contribution in [0.4, 0.5) is 10.2 Å². The van der Waals surface area contributed by atoms with E-state index in [4.69, 9.17) is 29.0 Å². The van der Waals surface area contributed by atoms with Gasteiger partial charge in [0.25, 0.3) is 0 Å². The van der Waals surface area contributed by atoms with E-state index in [1.54, 1.807) is 18.2 Å². The van der Waals surface area contributed by atoms with Crippen LogP contribution in [0.2, 0.25) is 0 Å². The highest BCUT2D eigenvalue weighted by molar-refractivity contribution is 7.52. The van der Waals surface area contributed by atoms with Crippen molar-refractivity contribution < 1.29 is 42.1 Å². The molecule has 0 spiro atoms. The Morgan fingerprint density at radius 1 is 1.30 bits per heavy atom. The Kier molecular flexibility index (Phi) is 8.73. The first-order chi connectivity index (χ1) is 18.9. The zero-order chi connectivity index (χ0) is 29.1. The molecule has 5 atom stereocenters. The van der Waals surface area contributed by atoms with Gasteiger partial charge in [0, 0.05) is 7.11 Å². The van der Waals surface area contributed by atoms with Crippen molar-refractivity contribution in [3.05, 3.63) is 48.5 Å². The maximum atomic E-state index is 15.9. The van der Waals surface area contributed by atoms with Gasteiger partial charge in [0.1, 0.15) is 42.5 Å². The molecule has 14 nitrogen and oxygen atoms in total. The van der Waals surface area contributed by atoms with E-state index in [0.29, 0.717) is 0 Å². The Bertz CT molecular complexity index is 1370. The molecule has 4 N–H and O–H groups in total. The SMILES string of the molecule is COCCOC(=O)C(C)(C)NP(=O)(OC[C@H]1O[C@@H](c2cnc3c(N)ncnn23)[C@](C)(F)[C@@H]1O)Oc1ccccc1. The molecule has 0 radical (unpaired) electrons. The summed E-state index contributed by atoms with van der Waals surface area (Å²) in [5.41, 5.74) is 2.33. The van der Waals surface area contributed by atoms with Gasteiger partial charge in [-0.05, 0) is 32.9 Å². The van der Waals surface area contributed by atoms with Gasteiger partial charge in [-0.25, -0.2) is 23.4 Å². The third kappa shape index (κ3) is 6.24. The van der Waals surface area contributed by atoms with Crippen molar-refractivity contribution in [2.75, 3.05) is 32.7 Å². The predicted molar refractivity (Wildman–Crippen MR) is 139 cm³/mol. The lowest BCUT2D eigenvalue weighted by Crippen LogP contribution is -2.47. The van der Waals surface area contributed by atoms with Crippen molar-refractivity contribution in [3.63, 3.8) is 0 Å². The zero-order valence-electron chi connectivity index (χ0n) is 22.4. The molecular formula is C24H32FN6O8P. The zero-order valence-corrected chi connectivity index (χ0v) is 23.3. The second kappa shape index (κ2) is 11.7. The average molecular weight is 583 g/mol. The molecule has 1 aromatic carbocycles. The molecule has 1 saturated heterocycles. The Hall–Kier alpha value is -3.20. The average Bonchev–Trinajstić information content (AvgIpc) is 3.42. The molecule has 218 valence electrons. The predicted octanol–water partition coefficient (Wildman–Crippen LogP) is 2.00. The van der Waals surface area contributed by atoms with Gasteiger partial charge in [-0.3, -0.25) is 9.32 Å². The standard InChI is InChI=1S/C24H32FN6O8P/c1-23(2,22(33)36-11-10-35-4)30-40(34,39-15-8-6-5-7-9-15)37-13-17-18(32)24(3,25)19(38-17)16-12-27-21-20(26)28-14-29-31(16)21/h5-9,12,14,17-19,32H,10-11,13H2,1-4H3,(H,30,34)(H2,26,28,29)/t17-,18-,19+,24-,40?/m1/s1. The summed E-state index contributed by atoms with van der Waals surface area (Å²) in [6, 6.07) is 8.11. The second-order valence-electron chi connectivity index (χ2n) is 9.78. The molecule has 1 aliphatic heterocycles. The van der Waals surface area contributed by atoms with Gasteiger partial charge in [0.15, 0.2) is 17.1 Å². The highest BCUT2D eigenvalue weighted by Crippen LogP contribution is 2.49. The van der Waals surface area contributed by atoms with Crippen LogP contribution in [0.1, 0.15) is 32.6 Å². The fourth-order valence-electron chi connectivity index (χ4n) is 4.08. The normalized spacial score (nSPS) is 24.6. The fourth-order valence-corrected chi connectivity index (χ4v) is 5.76. The highest BCUT2D eigenvalue weighted by atomic mass is 31.2. The number of hydrogen-bond acceptors (Lipinski definition) is 12. The summed E-state index contributed by atoms with van der Waals surface area (Å²) in [6.45, 7) is 3.59. The Morgan fingerprint density at radius 2 is 2.02 bits per heavy atom. The molecular weight excluding hydrogens is 550 g/mol. The number of aliphatic hydroxyl groups excluding tert-OH is 1. The van der Waals surface area contributed by atoms with Crippen molar-refractivity contribution >= 4 is 25.2 Å². The molecule has 1 fully saturated rings. The number of nitrogen functional groups attached to an aromatic ring is 1. The van der Waals surface area contributed by atoms with Gasteiger partial charge in [-0.15, -0.1) is 0 Å². The van der Waals surface area contributed by atoms with Crippen molar-refractivity contribution in [2.24, 2.45) is 0 Å². The number of benzene rings is 1. The summed E-state index contributed by atoms with van der Waals surface area (Å²) in [5, 5.41) is 17.5. The highest BCUT2D eigenvalue weighted by Gasteiger charge is 2.56. The summed E-state index contributed by atoms with van der Waals surface area (Å²) in [5.74, 6) is -0.493. The summed E-state index contributed by atoms with van der Waals surface area (Å²) in [7, 11) is -2.90. The minimum absolute atomic E-state index is 0.0242. The molecule has 0 aliphatic carbocycles. The smallest absolute Gasteiger partial charge is 0.459 e. The molecule has 2 aromatic heterocycles. The number of anilines is 1. The number of halogens is 1. The summed E-state index contributed by atoms with van der Waals surface area (Å²) >= 11 is 0. The number of aromatic nitrogens is 4. The van der Waals surface area contributed by atoms with E-state index in [-0.39, 0.29) is 36.1 Å². The number of esters is 1. The molecule has 0 bridgehead atoms. The van der Waals surface area contributed by atoms with Crippen molar-refractivity contribution in [1.29, 1.82) is 0 Å². The van der Waals surface area contributed by atoms with E-state index in [0.717, 1.165) is 6.92 Å². The Balaban J connectivity index is 1.54.